The first-order valence-corrected chi connectivity index (χ1v) is 4.25. The Morgan fingerprint density at radius 3 is 2.92 bits per heavy atom. The molecule has 1 unspecified atom stereocenters. The number of nitrogens with one attached hydrogen (secondary N) is 2. The van der Waals surface area contributed by atoms with Crippen LogP contribution in [0.1, 0.15) is 20.3 Å². The van der Waals surface area contributed by atoms with Crippen LogP contribution in [-0.4, -0.2) is 11.0 Å². The van der Waals surface area contributed by atoms with E-state index in [-0.39, 0.29) is 0 Å². The third kappa shape index (κ3) is 2.88. The zero-order valence-corrected chi connectivity index (χ0v) is 7.54. The van der Waals surface area contributed by atoms with E-state index in [1.807, 2.05) is 18.2 Å². The molecule has 0 spiro atoms. The number of hydrogen-bond donors (Lipinski definition) is 2. The quantitative estimate of drug-likeness (QED) is 0.668. The second-order valence-electron chi connectivity index (χ2n) is 2.79. The third-order valence-electron chi connectivity index (χ3n) is 1.72. The fraction of sp³-hybridized carbons (Fsp3) is 0.444. The van der Waals surface area contributed by atoms with Crippen molar-refractivity contribution in [2.24, 2.45) is 0 Å². The summed E-state index contributed by atoms with van der Waals surface area (Å²) in [5, 5.41) is 0. The number of hydrogen-bond acceptors (Lipinski definition) is 3. The molecule has 1 aromatic heterocycles. The minimum absolute atomic E-state index is 0.465. The SMILES string of the molecule is CCC(C)NNc1ccccn1. The van der Waals surface area contributed by atoms with E-state index in [4.69, 9.17) is 0 Å². The van der Waals surface area contributed by atoms with E-state index in [2.05, 4.69) is 29.7 Å². The molecule has 3 nitrogen and oxygen atoms in total. The van der Waals surface area contributed by atoms with E-state index in [1.54, 1.807) is 6.20 Å². The van der Waals surface area contributed by atoms with Crippen molar-refractivity contribution in [2.45, 2.75) is 26.3 Å². The summed E-state index contributed by atoms with van der Waals surface area (Å²) in [6.07, 6.45) is 2.86. The highest BCUT2D eigenvalue weighted by Gasteiger charge is 1.95. The average molecular weight is 165 g/mol. The van der Waals surface area contributed by atoms with Crippen LogP contribution in [-0.2, 0) is 0 Å². The third-order valence-corrected chi connectivity index (χ3v) is 1.72. The highest BCUT2D eigenvalue weighted by atomic mass is 15.4. The summed E-state index contributed by atoms with van der Waals surface area (Å²) in [5.41, 5.74) is 6.17. The van der Waals surface area contributed by atoms with Crippen LogP contribution in [0.5, 0.6) is 0 Å². The van der Waals surface area contributed by atoms with Crippen LogP contribution in [0.2, 0.25) is 0 Å². The fourth-order valence-corrected chi connectivity index (χ4v) is 0.736. The van der Waals surface area contributed by atoms with Gasteiger partial charge in [-0.25, -0.2) is 10.4 Å². The minimum atomic E-state index is 0.465. The van der Waals surface area contributed by atoms with Gasteiger partial charge in [-0.15, -0.1) is 0 Å². The van der Waals surface area contributed by atoms with Gasteiger partial charge in [0, 0.05) is 12.2 Å². The molecular formula is C9H15N3. The Balaban J connectivity index is 2.33. The normalized spacial score (nSPS) is 12.5. The van der Waals surface area contributed by atoms with Gasteiger partial charge in [0.1, 0.15) is 5.82 Å². The lowest BCUT2D eigenvalue weighted by Gasteiger charge is -2.12. The lowest BCUT2D eigenvalue weighted by atomic mass is 10.3. The van der Waals surface area contributed by atoms with E-state index >= 15 is 0 Å². The smallest absolute Gasteiger partial charge is 0.140 e. The number of aromatic nitrogens is 1. The van der Waals surface area contributed by atoms with Crippen molar-refractivity contribution in [3.8, 4) is 0 Å². The summed E-state index contributed by atoms with van der Waals surface area (Å²) in [7, 11) is 0. The van der Waals surface area contributed by atoms with Crippen molar-refractivity contribution in [3.63, 3.8) is 0 Å². The average Bonchev–Trinajstić information content (AvgIpc) is 2.16. The Hall–Kier alpha value is -1.09. The van der Waals surface area contributed by atoms with Crippen LogP contribution in [0.3, 0.4) is 0 Å². The highest BCUT2D eigenvalue weighted by molar-refractivity contribution is 5.31. The Labute approximate surface area is 73.2 Å². The van der Waals surface area contributed by atoms with Crippen LogP contribution in [0.15, 0.2) is 24.4 Å². The molecule has 0 radical (unpaired) electrons. The first-order chi connectivity index (χ1) is 5.83. The lowest BCUT2D eigenvalue weighted by Crippen LogP contribution is -2.31. The Bertz CT molecular complexity index is 210. The van der Waals surface area contributed by atoms with Crippen molar-refractivity contribution in [2.75, 3.05) is 5.43 Å². The van der Waals surface area contributed by atoms with Gasteiger partial charge >= 0.3 is 0 Å². The van der Waals surface area contributed by atoms with Gasteiger partial charge in [-0.2, -0.15) is 0 Å². The summed E-state index contributed by atoms with van der Waals surface area (Å²) in [4.78, 5) is 4.11. The molecule has 0 bridgehead atoms. The van der Waals surface area contributed by atoms with E-state index in [9.17, 15) is 0 Å². The number of hydrazine groups is 1. The molecule has 1 heterocycles. The molecule has 0 fully saturated rings. The van der Waals surface area contributed by atoms with E-state index in [1.165, 1.54) is 0 Å². The molecule has 1 rings (SSSR count). The van der Waals surface area contributed by atoms with Crippen molar-refractivity contribution >= 4 is 5.82 Å². The van der Waals surface area contributed by atoms with Crippen molar-refractivity contribution in [3.05, 3.63) is 24.4 Å². The maximum Gasteiger partial charge on any atom is 0.140 e. The number of rotatable bonds is 4. The van der Waals surface area contributed by atoms with Gasteiger partial charge in [0.15, 0.2) is 0 Å². The molecule has 1 atom stereocenters. The van der Waals surface area contributed by atoms with Gasteiger partial charge in [-0.1, -0.05) is 13.0 Å². The molecule has 0 aliphatic carbocycles. The predicted molar refractivity (Wildman–Crippen MR) is 50.7 cm³/mol. The molecule has 12 heavy (non-hydrogen) atoms. The van der Waals surface area contributed by atoms with Crippen molar-refractivity contribution in [1.82, 2.24) is 10.4 Å². The van der Waals surface area contributed by atoms with Crippen LogP contribution in [0.4, 0.5) is 5.82 Å². The van der Waals surface area contributed by atoms with Gasteiger partial charge in [0.25, 0.3) is 0 Å². The zero-order chi connectivity index (χ0) is 8.81. The standard InChI is InChI=1S/C9H15N3/c1-3-8(2)11-12-9-6-4-5-7-10-9/h4-8,11H,3H2,1-2H3,(H,10,12). The minimum Gasteiger partial charge on any atom is -0.306 e. The van der Waals surface area contributed by atoms with Gasteiger partial charge < -0.3 is 5.43 Å². The molecule has 0 aliphatic rings. The zero-order valence-electron chi connectivity index (χ0n) is 7.54. The monoisotopic (exact) mass is 165 g/mol. The number of anilines is 1. The van der Waals surface area contributed by atoms with Crippen LogP contribution in [0.25, 0.3) is 0 Å². The van der Waals surface area contributed by atoms with Crippen LogP contribution in [0, 0.1) is 0 Å². The number of pyridine rings is 1. The molecule has 0 aliphatic heterocycles. The number of nitrogens with zero attached hydrogens (tertiary/aromatic N) is 1. The maximum atomic E-state index is 4.11. The van der Waals surface area contributed by atoms with Gasteiger partial charge in [-0.3, -0.25) is 0 Å². The lowest BCUT2D eigenvalue weighted by molar-refractivity contribution is 0.586. The summed E-state index contributed by atoms with van der Waals surface area (Å²) in [5.74, 6) is 0.859. The first kappa shape index (κ1) is 9.00. The largest absolute Gasteiger partial charge is 0.306 e. The van der Waals surface area contributed by atoms with Crippen molar-refractivity contribution in [1.29, 1.82) is 0 Å². The molecule has 0 aromatic carbocycles. The molecular weight excluding hydrogens is 150 g/mol. The molecule has 3 heteroatoms. The molecule has 0 saturated carbocycles. The topological polar surface area (TPSA) is 37.0 Å². The van der Waals surface area contributed by atoms with Crippen molar-refractivity contribution < 1.29 is 0 Å². The predicted octanol–water partition coefficient (Wildman–Crippen LogP) is 1.80. The molecule has 0 amide bonds. The Morgan fingerprint density at radius 1 is 1.50 bits per heavy atom. The first-order valence-electron chi connectivity index (χ1n) is 4.25. The molecule has 0 saturated heterocycles. The molecule has 2 N–H and O–H groups in total. The summed E-state index contributed by atoms with van der Waals surface area (Å²) in [6, 6.07) is 6.24. The van der Waals surface area contributed by atoms with E-state index in [0.717, 1.165) is 12.2 Å². The maximum absolute atomic E-state index is 4.11. The summed E-state index contributed by atoms with van der Waals surface area (Å²) in [6.45, 7) is 4.26. The Kier molecular flexibility index (Phi) is 3.54. The van der Waals surface area contributed by atoms with Gasteiger partial charge in [0.2, 0.25) is 0 Å². The van der Waals surface area contributed by atoms with Crippen LogP contribution >= 0.6 is 0 Å². The van der Waals surface area contributed by atoms with E-state index in [0.29, 0.717) is 6.04 Å². The molecule has 1 aromatic rings. The molecule has 66 valence electrons. The summed E-state index contributed by atoms with van der Waals surface area (Å²) >= 11 is 0. The van der Waals surface area contributed by atoms with Gasteiger partial charge in [-0.05, 0) is 25.5 Å². The second kappa shape index (κ2) is 4.72. The highest BCUT2D eigenvalue weighted by Crippen LogP contribution is 1.98. The van der Waals surface area contributed by atoms with E-state index < -0.39 is 0 Å². The van der Waals surface area contributed by atoms with Gasteiger partial charge in [0.05, 0.1) is 0 Å². The Morgan fingerprint density at radius 2 is 2.33 bits per heavy atom. The van der Waals surface area contributed by atoms with Crippen LogP contribution < -0.4 is 10.9 Å². The fourth-order valence-electron chi connectivity index (χ4n) is 0.736. The summed E-state index contributed by atoms with van der Waals surface area (Å²) < 4.78 is 0. The second-order valence-corrected chi connectivity index (χ2v) is 2.79.